The molecule has 2 aliphatic heterocycles. The summed E-state index contributed by atoms with van der Waals surface area (Å²) in [7, 11) is -2.97. The SMILES string of the molecule is CC(C)CN1CCO[C@@H](CNC(=O)N[C@H]2CCS(=O)(=O)C2)C1. The molecular formula is C14H27N3O4S. The van der Waals surface area contributed by atoms with Crippen LogP contribution in [0.1, 0.15) is 20.3 Å². The number of nitrogens with one attached hydrogen (secondary N) is 2. The van der Waals surface area contributed by atoms with Gasteiger partial charge < -0.3 is 15.4 Å². The van der Waals surface area contributed by atoms with Gasteiger partial charge in [0.25, 0.3) is 0 Å². The highest BCUT2D eigenvalue weighted by Gasteiger charge is 2.29. The number of rotatable bonds is 5. The molecule has 22 heavy (non-hydrogen) atoms. The number of sulfone groups is 1. The summed E-state index contributed by atoms with van der Waals surface area (Å²) < 4.78 is 28.4. The maximum Gasteiger partial charge on any atom is 0.315 e. The van der Waals surface area contributed by atoms with Crippen molar-refractivity contribution in [1.29, 1.82) is 0 Å². The molecule has 2 atom stereocenters. The van der Waals surface area contributed by atoms with E-state index in [0.717, 1.165) is 19.6 Å². The number of hydrogen-bond donors (Lipinski definition) is 2. The third kappa shape index (κ3) is 5.73. The van der Waals surface area contributed by atoms with Gasteiger partial charge in [0.05, 0.1) is 24.2 Å². The Bertz CT molecular complexity index is 480. The third-order valence-corrected chi connectivity index (χ3v) is 5.67. The van der Waals surface area contributed by atoms with Crippen LogP contribution in [-0.2, 0) is 14.6 Å². The average Bonchev–Trinajstić information content (AvgIpc) is 2.75. The number of hydrogen-bond acceptors (Lipinski definition) is 5. The first kappa shape index (κ1) is 17.5. The average molecular weight is 333 g/mol. The van der Waals surface area contributed by atoms with E-state index in [9.17, 15) is 13.2 Å². The quantitative estimate of drug-likeness (QED) is 0.729. The van der Waals surface area contributed by atoms with E-state index in [1.807, 2.05) is 0 Å². The van der Waals surface area contributed by atoms with E-state index < -0.39 is 9.84 Å². The third-order valence-electron chi connectivity index (χ3n) is 3.90. The van der Waals surface area contributed by atoms with E-state index in [1.165, 1.54) is 0 Å². The summed E-state index contributed by atoms with van der Waals surface area (Å²) in [6.07, 6.45) is 0.489. The maximum atomic E-state index is 11.8. The predicted octanol–water partition coefficient (Wildman–Crippen LogP) is -0.170. The van der Waals surface area contributed by atoms with E-state index in [2.05, 4.69) is 29.4 Å². The van der Waals surface area contributed by atoms with Crippen LogP contribution in [-0.4, -0.2) is 75.8 Å². The van der Waals surface area contributed by atoms with Crippen LogP contribution in [0.5, 0.6) is 0 Å². The molecule has 2 fully saturated rings. The van der Waals surface area contributed by atoms with Gasteiger partial charge in [0.2, 0.25) is 0 Å². The van der Waals surface area contributed by atoms with Gasteiger partial charge >= 0.3 is 6.03 Å². The minimum absolute atomic E-state index is 0.00874. The van der Waals surface area contributed by atoms with Gasteiger partial charge in [0, 0.05) is 32.2 Å². The van der Waals surface area contributed by atoms with Crippen molar-refractivity contribution in [2.24, 2.45) is 5.92 Å². The number of ether oxygens (including phenoxy) is 1. The van der Waals surface area contributed by atoms with Crippen molar-refractivity contribution in [2.45, 2.75) is 32.4 Å². The van der Waals surface area contributed by atoms with Crippen LogP contribution in [0.15, 0.2) is 0 Å². The van der Waals surface area contributed by atoms with E-state index >= 15 is 0 Å². The zero-order chi connectivity index (χ0) is 16.2. The molecule has 2 heterocycles. The molecule has 2 rings (SSSR count). The second kappa shape index (κ2) is 7.61. The van der Waals surface area contributed by atoms with Gasteiger partial charge in [-0.1, -0.05) is 13.8 Å². The van der Waals surface area contributed by atoms with Crippen molar-refractivity contribution in [2.75, 3.05) is 44.3 Å². The first-order chi connectivity index (χ1) is 10.3. The van der Waals surface area contributed by atoms with Crippen LogP contribution >= 0.6 is 0 Å². The lowest BCUT2D eigenvalue weighted by Gasteiger charge is -2.34. The molecule has 0 aromatic carbocycles. The van der Waals surface area contributed by atoms with Crippen molar-refractivity contribution in [3.05, 3.63) is 0 Å². The lowest BCUT2D eigenvalue weighted by molar-refractivity contribution is -0.0290. The molecular weight excluding hydrogens is 306 g/mol. The molecule has 0 unspecified atom stereocenters. The van der Waals surface area contributed by atoms with Crippen LogP contribution in [0, 0.1) is 5.92 Å². The Morgan fingerprint density at radius 2 is 2.18 bits per heavy atom. The standard InChI is InChI=1S/C14H27N3O4S/c1-11(2)8-17-4-5-21-13(9-17)7-15-14(18)16-12-3-6-22(19,20)10-12/h11-13H,3-10H2,1-2H3,(H2,15,16,18)/t12-,13-/m0/s1. The Morgan fingerprint density at radius 1 is 1.41 bits per heavy atom. The molecule has 0 aliphatic carbocycles. The van der Waals surface area contributed by atoms with E-state index in [1.54, 1.807) is 0 Å². The second-order valence-electron chi connectivity index (χ2n) is 6.60. The number of carbonyl (C=O) groups is 1. The molecule has 0 aromatic heterocycles. The van der Waals surface area contributed by atoms with E-state index in [4.69, 9.17) is 4.74 Å². The van der Waals surface area contributed by atoms with Crippen LogP contribution < -0.4 is 10.6 Å². The van der Waals surface area contributed by atoms with Gasteiger partial charge in [-0.25, -0.2) is 13.2 Å². The molecule has 0 spiro atoms. The van der Waals surface area contributed by atoms with E-state index in [-0.39, 0.29) is 29.7 Å². The van der Waals surface area contributed by atoms with Crippen LogP contribution in [0.25, 0.3) is 0 Å². The molecule has 128 valence electrons. The van der Waals surface area contributed by atoms with Gasteiger partial charge in [-0.15, -0.1) is 0 Å². The minimum Gasteiger partial charge on any atom is -0.374 e. The zero-order valence-electron chi connectivity index (χ0n) is 13.4. The Hall–Kier alpha value is -0.860. The molecule has 0 bridgehead atoms. The van der Waals surface area contributed by atoms with Crippen LogP contribution in [0.3, 0.4) is 0 Å². The molecule has 0 aromatic rings. The number of urea groups is 1. The van der Waals surface area contributed by atoms with Gasteiger partial charge in [0.15, 0.2) is 9.84 Å². The van der Waals surface area contributed by atoms with Gasteiger partial charge in [-0.2, -0.15) is 0 Å². The maximum absolute atomic E-state index is 11.8. The number of amides is 2. The fourth-order valence-corrected chi connectivity index (χ4v) is 4.61. The lowest BCUT2D eigenvalue weighted by atomic mass is 10.2. The Kier molecular flexibility index (Phi) is 6.05. The molecule has 2 N–H and O–H groups in total. The highest BCUT2D eigenvalue weighted by atomic mass is 32.2. The fraction of sp³-hybridized carbons (Fsp3) is 0.929. The van der Waals surface area contributed by atoms with Gasteiger partial charge in [0.1, 0.15) is 0 Å². The van der Waals surface area contributed by atoms with Crippen molar-refractivity contribution < 1.29 is 17.9 Å². The molecule has 2 amide bonds. The van der Waals surface area contributed by atoms with Crippen molar-refractivity contribution >= 4 is 15.9 Å². The van der Waals surface area contributed by atoms with Gasteiger partial charge in [-0.3, -0.25) is 4.90 Å². The summed E-state index contributed by atoms with van der Waals surface area (Å²) in [5.41, 5.74) is 0. The van der Waals surface area contributed by atoms with Crippen molar-refractivity contribution in [1.82, 2.24) is 15.5 Å². The molecule has 0 saturated carbocycles. The van der Waals surface area contributed by atoms with E-state index in [0.29, 0.717) is 25.5 Å². The van der Waals surface area contributed by atoms with Crippen LogP contribution in [0.2, 0.25) is 0 Å². The smallest absolute Gasteiger partial charge is 0.315 e. The van der Waals surface area contributed by atoms with Crippen molar-refractivity contribution in [3.8, 4) is 0 Å². The fourth-order valence-electron chi connectivity index (χ4n) is 2.94. The van der Waals surface area contributed by atoms with Crippen LogP contribution in [0.4, 0.5) is 4.79 Å². The minimum atomic E-state index is -2.97. The Labute approximate surface area is 132 Å². The first-order valence-electron chi connectivity index (χ1n) is 7.93. The van der Waals surface area contributed by atoms with Gasteiger partial charge in [-0.05, 0) is 12.3 Å². The highest BCUT2D eigenvalue weighted by molar-refractivity contribution is 7.91. The largest absolute Gasteiger partial charge is 0.374 e. The Balaban J connectivity index is 1.67. The summed E-state index contributed by atoms with van der Waals surface area (Å²) >= 11 is 0. The first-order valence-corrected chi connectivity index (χ1v) is 9.75. The molecule has 2 aliphatic rings. The molecule has 2 saturated heterocycles. The van der Waals surface area contributed by atoms with Crippen molar-refractivity contribution in [3.63, 3.8) is 0 Å². The number of morpholine rings is 1. The normalized spacial score (nSPS) is 28.7. The second-order valence-corrected chi connectivity index (χ2v) is 8.83. The lowest BCUT2D eigenvalue weighted by Crippen LogP contribution is -2.51. The Morgan fingerprint density at radius 3 is 2.82 bits per heavy atom. The zero-order valence-corrected chi connectivity index (χ0v) is 14.2. The molecule has 0 radical (unpaired) electrons. The summed E-state index contributed by atoms with van der Waals surface area (Å²) in [6.45, 7) is 8.28. The topological polar surface area (TPSA) is 87.7 Å². The summed E-state index contributed by atoms with van der Waals surface area (Å²) in [6, 6.07) is -0.582. The number of nitrogens with zero attached hydrogens (tertiary/aromatic N) is 1. The summed E-state index contributed by atoms with van der Waals surface area (Å²) in [5, 5.41) is 5.50. The molecule has 8 heteroatoms. The highest BCUT2D eigenvalue weighted by Crippen LogP contribution is 2.11. The monoisotopic (exact) mass is 333 g/mol. The molecule has 7 nitrogen and oxygen atoms in total. The summed E-state index contributed by atoms with van der Waals surface area (Å²) in [4.78, 5) is 14.2. The summed E-state index contributed by atoms with van der Waals surface area (Å²) in [5.74, 6) is 0.815. The number of carbonyl (C=O) groups excluding carboxylic acids is 1. The predicted molar refractivity (Wildman–Crippen MR) is 84.6 cm³/mol.